The van der Waals surface area contributed by atoms with E-state index in [0.29, 0.717) is 37.7 Å². The number of carbonyl (C=O) groups is 2. The minimum atomic E-state index is -0.186. The molecule has 1 aromatic carbocycles. The van der Waals surface area contributed by atoms with E-state index in [1.165, 1.54) is 0 Å². The first-order valence-electron chi connectivity index (χ1n) is 9.94. The normalized spacial score (nSPS) is 12.3. The van der Waals surface area contributed by atoms with Crippen LogP contribution < -0.4 is 9.47 Å². The monoisotopic (exact) mass is 432 g/mol. The van der Waals surface area contributed by atoms with Crippen molar-refractivity contribution in [3.63, 3.8) is 0 Å². The molecule has 2 heterocycles. The Labute approximate surface area is 181 Å². The Morgan fingerprint density at radius 2 is 1.93 bits per heavy atom. The van der Waals surface area contributed by atoms with Gasteiger partial charge in [-0.05, 0) is 29.1 Å². The Bertz CT molecular complexity index is 853. The van der Waals surface area contributed by atoms with Crippen LogP contribution in [-0.2, 0) is 27.4 Å². The average Bonchev–Trinajstić information content (AvgIpc) is 3.41. The molecule has 0 saturated heterocycles. The van der Waals surface area contributed by atoms with E-state index in [2.05, 4.69) is 0 Å². The van der Waals surface area contributed by atoms with Crippen molar-refractivity contribution in [1.82, 2.24) is 9.80 Å². The first-order valence-corrected chi connectivity index (χ1v) is 10.8. The van der Waals surface area contributed by atoms with E-state index >= 15 is 0 Å². The third-order valence-electron chi connectivity index (χ3n) is 4.79. The Hall–Kier alpha value is -2.58. The summed E-state index contributed by atoms with van der Waals surface area (Å²) < 4.78 is 16.0. The van der Waals surface area contributed by atoms with Crippen molar-refractivity contribution in [3.05, 3.63) is 46.2 Å². The zero-order chi connectivity index (χ0) is 21.5. The SMILES string of the molecule is COCCN(CC(=O)N(Cc1ccc2c(c1)OCO2)Cc1cccs1)C(=O)C(C)C. The summed E-state index contributed by atoms with van der Waals surface area (Å²) in [6.45, 7) is 5.58. The van der Waals surface area contributed by atoms with Gasteiger partial charge < -0.3 is 24.0 Å². The molecule has 3 rings (SSSR count). The summed E-state index contributed by atoms with van der Waals surface area (Å²) in [7, 11) is 1.59. The van der Waals surface area contributed by atoms with Gasteiger partial charge >= 0.3 is 0 Å². The standard InChI is InChI=1S/C22H28N2O5S/c1-16(2)22(26)23(8-9-27-3)14-21(25)24(13-18-5-4-10-30-18)12-17-6-7-19-20(11-17)29-15-28-19/h4-7,10-11,16H,8-9,12-15H2,1-3H3. The van der Waals surface area contributed by atoms with Gasteiger partial charge in [0.15, 0.2) is 11.5 Å². The Kier molecular flexibility index (Phi) is 7.70. The zero-order valence-corrected chi connectivity index (χ0v) is 18.4. The quantitative estimate of drug-likeness (QED) is 0.577. The summed E-state index contributed by atoms with van der Waals surface area (Å²) >= 11 is 1.60. The van der Waals surface area contributed by atoms with Gasteiger partial charge in [-0.3, -0.25) is 9.59 Å². The van der Waals surface area contributed by atoms with E-state index in [0.717, 1.165) is 10.4 Å². The number of carbonyl (C=O) groups excluding carboxylic acids is 2. The molecule has 30 heavy (non-hydrogen) atoms. The number of thiophene rings is 1. The summed E-state index contributed by atoms with van der Waals surface area (Å²) in [4.78, 5) is 30.3. The van der Waals surface area contributed by atoms with Crippen molar-refractivity contribution in [2.45, 2.75) is 26.9 Å². The predicted octanol–water partition coefficient (Wildman–Crippen LogP) is 3.14. The van der Waals surface area contributed by atoms with Crippen molar-refractivity contribution >= 4 is 23.2 Å². The number of amides is 2. The van der Waals surface area contributed by atoms with Crippen molar-refractivity contribution in [1.29, 1.82) is 0 Å². The first-order chi connectivity index (χ1) is 14.5. The van der Waals surface area contributed by atoms with Crippen molar-refractivity contribution in [2.75, 3.05) is 33.6 Å². The number of rotatable bonds is 10. The highest BCUT2D eigenvalue weighted by molar-refractivity contribution is 7.09. The van der Waals surface area contributed by atoms with Crippen molar-refractivity contribution < 1.29 is 23.8 Å². The van der Waals surface area contributed by atoms with Crippen LogP contribution >= 0.6 is 11.3 Å². The van der Waals surface area contributed by atoms with Crippen LogP contribution in [0, 0.1) is 5.92 Å². The molecule has 0 bridgehead atoms. The van der Waals surface area contributed by atoms with Gasteiger partial charge in [-0.25, -0.2) is 0 Å². The van der Waals surface area contributed by atoms with E-state index in [1.807, 2.05) is 49.6 Å². The molecule has 162 valence electrons. The zero-order valence-electron chi connectivity index (χ0n) is 17.6. The van der Waals surface area contributed by atoms with Gasteiger partial charge in [-0.2, -0.15) is 0 Å². The van der Waals surface area contributed by atoms with E-state index in [4.69, 9.17) is 14.2 Å². The van der Waals surface area contributed by atoms with Gasteiger partial charge in [0, 0.05) is 31.0 Å². The highest BCUT2D eigenvalue weighted by atomic mass is 32.1. The molecule has 0 N–H and O–H groups in total. The number of benzene rings is 1. The summed E-state index contributed by atoms with van der Waals surface area (Å²) in [5, 5.41) is 1.99. The van der Waals surface area contributed by atoms with Gasteiger partial charge in [0.1, 0.15) is 0 Å². The lowest BCUT2D eigenvalue weighted by molar-refractivity contribution is -0.143. The minimum absolute atomic E-state index is 0.0241. The van der Waals surface area contributed by atoms with Crippen LogP contribution in [0.15, 0.2) is 35.7 Å². The molecule has 1 aliphatic rings. The van der Waals surface area contributed by atoms with E-state index in [-0.39, 0.29) is 31.1 Å². The predicted molar refractivity (Wildman–Crippen MR) is 114 cm³/mol. The van der Waals surface area contributed by atoms with Crippen LogP contribution in [0.25, 0.3) is 0 Å². The van der Waals surface area contributed by atoms with Crippen LogP contribution in [0.3, 0.4) is 0 Å². The molecule has 8 heteroatoms. The van der Waals surface area contributed by atoms with E-state index in [1.54, 1.807) is 28.2 Å². The second kappa shape index (κ2) is 10.4. The highest BCUT2D eigenvalue weighted by Crippen LogP contribution is 2.33. The first kappa shape index (κ1) is 22.1. The second-order valence-corrected chi connectivity index (χ2v) is 8.46. The Morgan fingerprint density at radius 3 is 2.63 bits per heavy atom. The van der Waals surface area contributed by atoms with Gasteiger partial charge in [-0.15, -0.1) is 11.3 Å². The topological polar surface area (TPSA) is 68.3 Å². The van der Waals surface area contributed by atoms with Crippen molar-refractivity contribution in [2.24, 2.45) is 5.92 Å². The van der Waals surface area contributed by atoms with Gasteiger partial charge in [-0.1, -0.05) is 26.0 Å². The number of methoxy groups -OCH3 is 1. The van der Waals surface area contributed by atoms with E-state index < -0.39 is 0 Å². The lowest BCUT2D eigenvalue weighted by atomic mass is 10.1. The molecule has 0 spiro atoms. The summed E-state index contributed by atoms with van der Waals surface area (Å²) in [6.07, 6.45) is 0. The minimum Gasteiger partial charge on any atom is -0.454 e. The fourth-order valence-corrected chi connectivity index (χ4v) is 3.90. The molecule has 1 aliphatic heterocycles. The molecule has 2 aromatic rings. The summed E-state index contributed by atoms with van der Waals surface area (Å²) in [6, 6.07) is 9.67. The van der Waals surface area contributed by atoms with Crippen LogP contribution in [0.5, 0.6) is 11.5 Å². The highest BCUT2D eigenvalue weighted by Gasteiger charge is 2.24. The molecule has 2 amide bonds. The van der Waals surface area contributed by atoms with Gasteiger partial charge in [0.05, 0.1) is 19.7 Å². The third kappa shape index (κ3) is 5.73. The lowest BCUT2D eigenvalue weighted by Crippen LogP contribution is -2.45. The lowest BCUT2D eigenvalue weighted by Gasteiger charge is -2.28. The molecule has 1 aromatic heterocycles. The van der Waals surface area contributed by atoms with Gasteiger partial charge in [0.25, 0.3) is 0 Å². The molecule has 0 atom stereocenters. The average molecular weight is 433 g/mol. The molecule has 0 fully saturated rings. The second-order valence-electron chi connectivity index (χ2n) is 7.42. The molecule has 0 saturated carbocycles. The molecular weight excluding hydrogens is 404 g/mol. The maximum absolute atomic E-state index is 13.2. The molecule has 0 unspecified atom stereocenters. The molecular formula is C22H28N2O5S. The fourth-order valence-electron chi connectivity index (χ4n) is 3.18. The third-order valence-corrected chi connectivity index (χ3v) is 5.65. The maximum atomic E-state index is 13.2. The van der Waals surface area contributed by atoms with Crippen LogP contribution in [0.2, 0.25) is 0 Å². The molecule has 7 nitrogen and oxygen atoms in total. The van der Waals surface area contributed by atoms with Crippen LogP contribution in [-0.4, -0.2) is 55.2 Å². The Morgan fingerprint density at radius 1 is 1.13 bits per heavy atom. The molecule has 0 aliphatic carbocycles. The number of nitrogens with zero attached hydrogens (tertiary/aromatic N) is 2. The number of hydrogen-bond donors (Lipinski definition) is 0. The summed E-state index contributed by atoms with van der Waals surface area (Å²) in [5.74, 6) is 1.05. The summed E-state index contributed by atoms with van der Waals surface area (Å²) in [5.41, 5.74) is 0.947. The maximum Gasteiger partial charge on any atom is 0.242 e. The van der Waals surface area contributed by atoms with Crippen LogP contribution in [0.4, 0.5) is 0 Å². The molecule has 0 radical (unpaired) electrons. The largest absolute Gasteiger partial charge is 0.454 e. The number of fused-ring (bicyclic) bond motifs is 1. The number of ether oxygens (including phenoxy) is 3. The van der Waals surface area contributed by atoms with Crippen molar-refractivity contribution in [3.8, 4) is 11.5 Å². The fraction of sp³-hybridized carbons (Fsp3) is 0.455. The number of hydrogen-bond acceptors (Lipinski definition) is 6. The Balaban J connectivity index is 1.76. The van der Waals surface area contributed by atoms with E-state index in [9.17, 15) is 9.59 Å². The van der Waals surface area contributed by atoms with Crippen LogP contribution in [0.1, 0.15) is 24.3 Å². The smallest absolute Gasteiger partial charge is 0.242 e. The van der Waals surface area contributed by atoms with Gasteiger partial charge in [0.2, 0.25) is 18.6 Å².